The van der Waals surface area contributed by atoms with Gasteiger partial charge in [-0.1, -0.05) is 19.8 Å². The lowest BCUT2D eigenvalue weighted by molar-refractivity contribution is 0.240. The second-order valence-corrected chi connectivity index (χ2v) is 4.48. The van der Waals surface area contributed by atoms with E-state index in [0.717, 1.165) is 17.3 Å². The first-order valence-corrected chi connectivity index (χ1v) is 5.49. The van der Waals surface area contributed by atoms with E-state index in [1.54, 1.807) is 0 Å². The van der Waals surface area contributed by atoms with Crippen LogP contribution in [-0.2, 0) is 0 Å². The van der Waals surface area contributed by atoms with Gasteiger partial charge in [0.25, 0.3) is 0 Å². The molecule has 0 radical (unpaired) electrons. The molecule has 0 aliphatic heterocycles. The molecule has 0 saturated heterocycles. The molecule has 2 unspecified atom stereocenters. The first-order valence-electron chi connectivity index (χ1n) is 5.49. The maximum atomic E-state index is 5.81. The smallest absolute Gasteiger partial charge is 0.0823 e. The van der Waals surface area contributed by atoms with Crippen molar-refractivity contribution in [2.45, 2.75) is 45.6 Å². The Morgan fingerprint density at radius 1 is 1.43 bits per heavy atom. The van der Waals surface area contributed by atoms with Gasteiger partial charge >= 0.3 is 0 Å². The van der Waals surface area contributed by atoms with E-state index in [4.69, 9.17) is 5.73 Å². The van der Waals surface area contributed by atoms with Crippen molar-refractivity contribution in [3.8, 4) is 0 Å². The van der Waals surface area contributed by atoms with E-state index >= 15 is 0 Å². The molecule has 1 aliphatic carbocycles. The van der Waals surface area contributed by atoms with Crippen LogP contribution in [0.3, 0.4) is 0 Å². The van der Waals surface area contributed by atoms with Crippen molar-refractivity contribution in [1.29, 1.82) is 0 Å². The second-order valence-electron chi connectivity index (χ2n) is 4.48. The summed E-state index contributed by atoms with van der Waals surface area (Å²) < 4.78 is 2.08. The fraction of sp³-hybridized carbons (Fsp3) is 0.727. The molecule has 2 rings (SSSR count). The van der Waals surface area contributed by atoms with Gasteiger partial charge < -0.3 is 5.73 Å². The van der Waals surface area contributed by atoms with Crippen LogP contribution in [0.2, 0.25) is 0 Å². The Balaban J connectivity index is 2.20. The third-order valence-electron chi connectivity index (χ3n) is 3.36. The lowest BCUT2D eigenvalue weighted by Crippen LogP contribution is -2.21. The molecule has 0 bridgehead atoms. The lowest BCUT2D eigenvalue weighted by atomic mass is 9.86. The van der Waals surface area contributed by atoms with E-state index in [2.05, 4.69) is 16.7 Å². The van der Waals surface area contributed by atoms with Gasteiger partial charge in [-0.3, -0.25) is 4.68 Å². The zero-order chi connectivity index (χ0) is 10.1. The molecule has 0 spiro atoms. The Morgan fingerprint density at radius 2 is 2.14 bits per heavy atom. The fourth-order valence-corrected chi connectivity index (χ4v) is 2.36. The van der Waals surface area contributed by atoms with Crippen LogP contribution in [0.4, 0.5) is 5.69 Å². The van der Waals surface area contributed by atoms with E-state index in [-0.39, 0.29) is 0 Å². The van der Waals surface area contributed by atoms with Crippen molar-refractivity contribution in [2.24, 2.45) is 5.92 Å². The van der Waals surface area contributed by atoms with Crippen LogP contribution in [0.25, 0.3) is 0 Å². The molecule has 3 nitrogen and oxygen atoms in total. The number of nitrogen functional groups attached to an aromatic ring is 1. The summed E-state index contributed by atoms with van der Waals surface area (Å²) in [5, 5.41) is 4.48. The number of aryl methyl sites for hydroxylation is 1. The Bertz CT molecular complexity index is 297. The number of hydrogen-bond donors (Lipinski definition) is 1. The molecule has 3 heteroatoms. The summed E-state index contributed by atoms with van der Waals surface area (Å²) in [5.41, 5.74) is 7.59. The largest absolute Gasteiger partial charge is 0.396 e. The molecule has 1 fully saturated rings. The molecule has 1 heterocycles. The van der Waals surface area contributed by atoms with Crippen molar-refractivity contribution in [2.75, 3.05) is 5.73 Å². The van der Waals surface area contributed by atoms with E-state index in [0.29, 0.717) is 6.04 Å². The van der Waals surface area contributed by atoms with Gasteiger partial charge in [0.2, 0.25) is 0 Å². The minimum Gasteiger partial charge on any atom is -0.396 e. The standard InChI is InChI=1S/C11H19N3/c1-8-5-3-4-6-11(8)14-7-10(12)9(2)13-14/h7-8,11H,3-6,12H2,1-2H3. The minimum absolute atomic E-state index is 0.569. The summed E-state index contributed by atoms with van der Waals surface area (Å²) in [6.45, 7) is 4.29. The molecule has 1 saturated carbocycles. The summed E-state index contributed by atoms with van der Waals surface area (Å²) in [6, 6.07) is 0.569. The molecule has 0 amide bonds. The Labute approximate surface area is 85.3 Å². The van der Waals surface area contributed by atoms with Gasteiger partial charge in [-0.15, -0.1) is 0 Å². The van der Waals surface area contributed by atoms with Crippen molar-refractivity contribution in [1.82, 2.24) is 9.78 Å². The van der Waals surface area contributed by atoms with Crippen molar-refractivity contribution in [3.63, 3.8) is 0 Å². The van der Waals surface area contributed by atoms with Gasteiger partial charge in [-0.2, -0.15) is 5.10 Å². The molecule has 1 aromatic rings. The molecule has 2 N–H and O–H groups in total. The van der Waals surface area contributed by atoms with Crippen LogP contribution in [0.15, 0.2) is 6.20 Å². The highest BCUT2D eigenvalue weighted by molar-refractivity contribution is 5.39. The van der Waals surface area contributed by atoms with Crippen molar-refractivity contribution < 1.29 is 0 Å². The van der Waals surface area contributed by atoms with E-state index < -0.39 is 0 Å². The molecular formula is C11H19N3. The van der Waals surface area contributed by atoms with Gasteiger partial charge in [0.15, 0.2) is 0 Å². The average Bonchev–Trinajstić information content (AvgIpc) is 2.48. The maximum Gasteiger partial charge on any atom is 0.0823 e. The first-order chi connectivity index (χ1) is 6.68. The van der Waals surface area contributed by atoms with Crippen LogP contribution >= 0.6 is 0 Å². The number of hydrogen-bond acceptors (Lipinski definition) is 2. The highest BCUT2D eigenvalue weighted by Gasteiger charge is 2.23. The highest BCUT2D eigenvalue weighted by Crippen LogP contribution is 2.33. The quantitative estimate of drug-likeness (QED) is 0.744. The SMILES string of the molecule is Cc1nn(C2CCCCC2C)cc1N. The number of nitrogens with two attached hydrogens (primary N) is 1. The number of anilines is 1. The predicted molar refractivity (Wildman–Crippen MR) is 58.0 cm³/mol. The van der Waals surface area contributed by atoms with Crippen LogP contribution < -0.4 is 5.73 Å². The molecular weight excluding hydrogens is 174 g/mol. The van der Waals surface area contributed by atoms with E-state index in [1.807, 2.05) is 13.1 Å². The topological polar surface area (TPSA) is 43.8 Å². The Morgan fingerprint density at radius 3 is 2.71 bits per heavy atom. The van der Waals surface area contributed by atoms with Crippen LogP contribution in [0.1, 0.15) is 44.3 Å². The van der Waals surface area contributed by atoms with E-state index in [9.17, 15) is 0 Å². The molecule has 1 aliphatic rings. The van der Waals surface area contributed by atoms with Gasteiger partial charge in [0.1, 0.15) is 0 Å². The molecule has 1 aromatic heterocycles. The Hall–Kier alpha value is -0.990. The van der Waals surface area contributed by atoms with Crippen LogP contribution in [0, 0.1) is 12.8 Å². The maximum absolute atomic E-state index is 5.81. The zero-order valence-corrected chi connectivity index (χ0v) is 9.03. The number of rotatable bonds is 1. The summed E-state index contributed by atoms with van der Waals surface area (Å²) in [5.74, 6) is 0.738. The second kappa shape index (κ2) is 3.64. The van der Waals surface area contributed by atoms with Crippen LogP contribution in [-0.4, -0.2) is 9.78 Å². The molecule has 2 atom stereocenters. The van der Waals surface area contributed by atoms with Gasteiger partial charge in [0, 0.05) is 6.20 Å². The summed E-state index contributed by atoms with van der Waals surface area (Å²) in [6.07, 6.45) is 7.26. The highest BCUT2D eigenvalue weighted by atomic mass is 15.3. The van der Waals surface area contributed by atoms with Gasteiger partial charge in [-0.05, 0) is 25.7 Å². The summed E-state index contributed by atoms with van der Waals surface area (Å²) in [7, 11) is 0. The van der Waals surface area contributed by atoms with Gasteiger partial charge in [-0.25, -0.2) is 0 Å². The van der Waals surface area contributed by atoms with Gasteiger partial charge in [0.05, 0.1) is 17.4 Å². The molecule has 14 heavy (non-hydrogen) atoms. The monoisotopic (exact) mass is 193 g/mol. The fourth-order valence-electron chi connectivity index (χ4n) is 2.36. The van der Waals surface area contributed by atoms with E-state index in [1.165, 1.54) is 25.7 Å². The third kappa shape index (κ3) is 1.63. The predicted octanol–water partition coefficient (Wildman–Crippen LogP) is 2.52. The normalized spacial score (nSPS) is 27.9. The van der Waals surface area contributed by atoms with Crippen molar-refractivity contribution in [3.05, 3.63) is 11.9 Å². The average molecular weight is 193 g/mol. The lowest BCUT2D eigenvalue weighted by Gasteiger charge is -2.28. The Kier molecular flexibility index (Phi) is 2.48. The van der Waals surface area contributed by atoms with Crippen LogP contribution in [0.5, 0.6) is 0 Å². The number of nitrogens with zero attached hydrogens (tertiary/aromatic N) is 2. The zero-order valence-electron chi connectivity index (χ0n) is 9.03. The van der Waals surface area contributed by atoms with Crippen molar-refractivity contribution >= 4 is 5.69 Å². The minimum atomic E-state index is 0.569. The molecule has 0 aromatic carbocycles. The first kappa shape index (κ1) is 9.56. The summed E-state index contributed by atoms with van der Waals surface area (Å²) in [4.78, 5) is 0. The third-order valence-corrected chi connectivity index (χ3v) is 3.36. The number of aromatic nitrogens is 2. The summed E-state index contributed by atoms with van der Waals surface area (Å²) >= 11 is 0. The molecule has 78 valence electrons.